The molecule has 3 heteroatoms. The highest BCUT2D eigenvalue weighted by Gasteiger charge is 2.21. The van der Waals surface area contributed by atoms with Gasteiger partial charge in [-0.05, 0) is 18.1 Å². The molecular weight excluding hydrogens is 188 g/mol. The number of carbonyl (C=O) groups excluding carboxylic acids is 1. The number of nitrogens with two attached hydrogens (primary N) is 1. The second kappa shape index (κ2) is 4.94. The molecule has 3 nitrogen and oxygen atoms in total. The molecule has 0 saturated heterocycles. The van der Waals surface area contributed by atoms with Crippen molar-refractivity contribution >= 4 is 11.6 Å². The average molecular weight is 206 g/mol. The zero-order chi connectivity index (χ0) is 11.4. The summed E-state index contributed by atoms with van der Waals surface area (Å²) in [7, 11) is 1.75. The van der Waals surface area contributed by atoms with Gasteiger partial charge >= 0.3 is 0 Å². The SMILES string of the molecule is CC(C)C(N)C(=O)N(C)c1ccccc1. The van der Waals surface area contributed by atoms with Crippen LogP contribution in [0.4, 0.5) is 5.69 Å². The summed E-state index contributed by atoms with van der Waals surface area (Å²) in [5.41, 5.74) is 6.68. The summed E-state index contributed by atoms with van der Waals surface area (Å²) in [4.78, 5) is 13.5. The molecular formula is C12H18N2O. The molecule has 0 aliphatic carbocycles. The van der Waals surface area contributed by atoms with Crippen LogP contribution in [0.15, 0.2) is 30.3 Å². The lowest BCUT2D eigenvalue weighted by Crippen LogP contribution is -2.44. The predicted octanol–water partition coefficient (Wildman–Crippen LogP) is 1.63. The first-order chi connectivity index (χ1) is 7.04. The molecule has 1 aromatic carbocycles. The number of nitrogens with zero attached hydrogens (tertiary/aromatic N) is 1. The Morgan fingerprint density at radius 1 is 1.27 bits per heavy atom. The van der Waals surface area contributed by atoms with Crippen molar-refractivity contribution in [1.82, 2.24) is 0 Å². The molecule has 0 saturated carbocycles. The molecule has 0 bridgehead atoms. The van der Waals surface area contributed by atoms with Gasteiger partial charge in [0.15, 0.2) is 0 Å². The number of anilines is 1. The number of amides is 1. The van der Waals surface area contributed by atoms with Gasteiger partial charge < -0.3 is 10.6 Å². The largest absolute Gasteiger partial charge is 0.320 e. The second-order valence-corrected chi connectivity index (χ2v) is 4.00. The van der Waals surface area contributed by atoms with Gasteiger partial charge in [-0.2, -0.15) is 0 Å². The van der Waals surface area contributed by atoms with Crippen LogP contribution in [0.25, 0.3) is 0 Å². The van der Waals surface area contributed by atoms with E-state index >= 15 is 0 Å². The Hall–Kier alpha value is -1.35. The minimum Gasteiger partial charge on any atom is -0.320 e. The van der Waals surface area contributed by atoms with Gasteiger partial charge in [0.25, 0.3) is 0 Å². The molecule has 0 fully saturated rings. The third-order valence-electron chi connectivity index (χ3n) is 2.48. The van der Waals surface area contributed by atoms with Crippen LogP contribution >= 0.6 is 0 Å². The van der Waals surface area contributed by atoms with Gasteiger partial charge in [-0.1, -0.05) is 32.0 Å². The first-order valence-electron chi connectivity index (χ1n) is 5.12. The van der Waals surface area contributed by atoms with E-state index in [1.165, 1.54) is 0 Å². The monoisotopic (exact) mass is 206 g/mol. The summed E-state index contributed by atoms with van der Waals surface area (Å²) in [6.07, 6.45) is 0. The van der Waals surface area contributed by atoms with E-state index in [9.17, 15) is 4.79 Å². The predicted molar refractivity (Wildman–Crippen MR) is 62.7 cm³/mol. The summed E-state index contributed by atoms with van der Waals surface area (Å²) < 4.78 is 0. The number of hydrogen-bond acceptors (Lipinski definition) is 2. The Kier molecular flexibility index (Phi) is 3.86. The molecule has 0 radical (unpaired) electrons. The third-order valence-corrected chi connectivity index (χ3v) is 2.48. The van der Waals surface area contributed by atoms with E-state index in [1.54, 1.807) is 11.9 Å². The summed E-state index contributed by atoms with van der Waals surface area (Å²) in [5, 5.41) is 0. The van der Waals surface area contributed by atoms with Gasteiger partial charge in [0, 0.05) is 12.7 Å². The number of likely N-dealkylation sites (N-methyl/N-ethyl adjacent to an activating group) is 1. The van der Waals surface area contributed by atoms with Crippen molar-refractivity contribution in [2.45, 2.75) is 19.9 Å². The molecule has 0 spiro atoms. The van der Waals surface area contributed by atoms with Crippen LogP contribution in [-0.4, -0.2) is 19.0 Å². The molecule has 0 heterocycles. The summed E-state index contributed by atoms with van der Waals surface area (Å²) >= 11 is 0. The molecule has 1 atom stereocenters. The minimum atomic E-state index is -0.435. The topological polar surface area (TPSA) is 46.3 Å². The highest BCUT2D eigenvalue weighted by Crippen LogP contribution is 2.13. The average Bonchev–Trinajstić information content (AvgIpc) is 2.27. The number of benzene rings is 1. The first-order valence-corrected chi connectivity index (χ1v) is 5.12. The molecule has 1 rings (SSSR count). The number of hydrogen-bond donors (Lipinski definition) is 1. The van der Waals surface area contributed by atoms with Gasteiger partial charge in [-0.25, -0.2) is 0 Å². The fourth-order valence-electron chi connectivity index (χ4n) is 1.29. The maximum absolute atomic E-state index is 11.9. The minimum absolute atomic E-state index is 0.0452. The molecule has 0 aliphatic rings. The molecule has 82 valence electrons. The molecule has 1 amide bonds. The Morgan fingerprint density at radius 2 is 1.80 bits per heavy atom. The lowest BCUT2D eigenvalue weighted by Gasteiger charge is -2.23. The zero-order valence-corrected chi connectivity index (χ0v) is 9.47. The molecule has 15 heavy (non-hydrogen) atoms. The van der Waals surface area contributed by atoms with Gasteiger partial charge in [0.2, 0.25) is 5.91 Å². The van der Waals surface area contributed by atoms with Crippen molar-refractivity contribution in [3.8, 4) is 0 Å². The van der Waals surface area contributed by atoms with Crippen molar-refractivity contribution in [3.63, 3.8) is 0 Å². The van der Waals surface area contributed by atoms with Crippen LogP contribution in [-0.2, 0) is 4.79 Å². The van der Waals surface area contributed by atoms with Crippen molar-refractivity contribution in [1.29, 1.82) is 0 Å². The Labute approximate surface area is 90.9 Å². The van der Waals surface area contributed by atoms with Gasteiger partial charge in [0.1, 0.15) is 0 Å². The Bertz CT molecular complexity index is 322. The summed E-state index contributed by atoms with van der Waals surface area (Å²) in [5.74, 6) is 0.111. The van der Waals surface area contributed by atoms with E-state index in [2.05, 4.69) is 0 Å². The van der Waals surface area contributed by atoms with E-state index in [-0.39, 0.29) is 11.8 Å². The fraction of sp³-hybridized carbons (Fsp3) is 0.417. The van der Waals surface area contributed by atoms with Gasteiger partial charge in [0.05, 0.1) is 6.04 Å². The quantitative estimate of drug-likeness (QED) is 0.817. The van der Waals surface area contributed by atoms with Crippen LogP contribution in [0.1, 0.15) is 13.8 Å². The first kappa shape index (κ1) is 11.7. The Morgan fingerprint density at radius 3 is 2.27 bits per heavy atom. The van der Waals surface area contributed by atoms with Crippen molar-refractivity contribution in [2.24, 2.45) is 11.7 Å². The number of carbonyl (C=O) groups is 1. The molecule has 1 unspecified atom stereocenters. The van der Waals surface area contributed by atoms with Crippen molar-refractivity contribution in [3.05, 3.63) is 30.3 Å². The van der Waals surface area contributed by atoms with Crippen LogP contribution in [0.5, 0.6) is 0 Å². The zero-order valence-electron chi connectivity index (χ0n) is 9.47. The van der Waals surface area contributed by atoms with Crippen LogP contribution in [0, 0.1) is 5.92 Å². The van der Waals surface area contributed by atoms with E-state index in [0.717, 1.165) is 5.69 Å². The molecule has 1 aromatic rings. The van der Waals surface area contributed by atoms with Crippen molar-refractivity contribution in [2.75, 3.05) is 11.9 Å². The van der Waals surface area contributed by atoms with Crippen LogP contribution in [0.3, 0.4) is 0 Å². The van der Waals surface area contributed by atoms with E-state index in [4.69, 9.17) is 5.73 Å². The molecule has 0 aromatic heterocycles. The van der Waals surface area contributed by atoms with E-state index < -0.39 is 6.04 Å². The number of rotatable bonds is 3. The highest BCUT2D eigenvalue weighted by molar-refractivity contribution is 5.96. The molecule has 0 aliphatic heterocycles. The summed E-state index contributed by atoms with van der Waals surface area (Å²) in [6, 6.07) is 9.08. The lowest BCUT2D eigenvalue weighted by molar-refractivity contribution is -0.120. The lowest BCUT2D eigenvalue weighted by atomic mass is 10.0. The summed E-state index contributed by atoms with van der Waals surface area (Å²) in [6.45, 7) is 3.89. The third kappa shape index (κ3) is 2.80. The maximum atomic E-state index is 11.9. The van der Waals surface area contributed by atoms with Crippen LogP contribution in [0.2, 0.25) is 0 Å². The standard InChI is InChI=1S/C12H18N2O/c1-9(2)11(13)12(15)14(3)10-7-5-4-6-8-10/h4-9,11H,13H2,1-3H3. The van der Waals surface area contributed by atoms with Gasteiger partial charge in [-0.15, -0.1) is 0 Å². The number of para-hydroxylation sites is 1. The normalized spacial score (nSPS) is 12.6. The van der Waals surface area contributed by atoms with Gasteiger partial charge in [-0.3, -0.25) is 4.79 Å². The van der Waals surface area contributed by atoms with E-state index in [0.29, 0.717) is 0 Å². The highest BCUT2D eigenvalue weighted by atomic mass is 16.2. The smallest absolute Gasteiger partial charge is 0.243 e. The maximum Gasteiger partial charge on any atom is 0.243 e. The van der Waals surface area contributed by atoms with Crippen LogP contribution < -0.4 is 10.6 Å². The fourth-order valence-corrected chi connectivity index (χ4v) is 1.29. The van der Waals surface area contributed by atoms with E-state index in [1.807, 2.05) is 44.2 Å². The van der Waals surface area contributed by atoms with Crippen molar-refractivity contribution < 1.29 is 4.79 Å². The molecule has 2 N–H and O–H groups in total. The Balaban J connectivity index is 2.78. The second-order valence-electron chi connectivity index (χ2n) is 4.00.